The third-order valence-electron chi connectivity index (χ3n) is 8.68. The predicted molar refractivity (Wildman–Crippen MR) is 158 cm³/mol. The highest BCUT2D eigenvalue weighted by Gasteiger charge is 2.43. The summed E-state index contributed by atoms with van der Waals surface area (Å²) < 4.78 is 23.6. The van der Waals surface area contributed by atoms with E-state index in [0.717, 1.165) is 36.0 Å². The number of aryl methyl sites for hydroxylation is 1. The van der Waals surface area contributed by atoms with E-state index in [1.807, 2.05) is 46.8 Å². The van der Waals surface area contributed by atoms with Crippen LogP contribution in [-0.4, -0.2) is 47.9 Å². The Labute approximate surface area is 242 Å². The highest BCUT2D eigenvalue weighted by Crippen LogP contribution is 2.44. The summed E-state index contributed by atoms with van der Waals surface area (Å²) >= 11 is 0. The van der Waals surface area contributed by atoms with E-state index in [4.69, 9.17) is 9.72 Å². The number of nitrogens with zero attached hydrogens (tertiary/aromatic N) is 6. The first-order valence-electron chi connectivity index (χ1n) is 14.1. The molecule has 2 aliphatic rings. The average molecular weight is 564 g/mol. The van der Waals surface area contributed by atoms with Gasteiger partial charge in [-0.15, -0.1) is 0 Å². The predicted octanol–water partition coefficient (Wildman–Crippen LogP) is 6.18. The molecule has 2 bridgehead atoms. The molecule has 212 valence electrons. The number of aromatic nitrogens is 5. The number of halogens is 1. The standard InChI is InChI=1S/C32H30FN7O2/c1-4-29(41)40-15-19-13-20(40)5-7-22(19)23-8-9-25-31(37-23)32(35-16-34-25)38-24-10-12-28(18(2)30(24)33)42-21-6-11-27-26(14-21)36-17-39(27)3/h4,6,8-12,14,16-17,19-20,22H,1,5,7,13,15H2,2-3H3,(H,34,35,38)/t19-,20+,22-/m0/s1. The number of rotatable bonds is 6. The number of carbonyl (C=O) groups is 1. The van der Waals surface area contributed by atoms with Crippen molar-refractivity contribution in [2.24, 2.45) is 13.0 Å². The van der Waals surface area contributed by atoms with Gasteiger partial charge in [0.1, 0.15) is 23.3 Å². The molecule has 5 aromatic rings. The molecule has 0 spiro atoms. The summed E-state index contributed by atoms with van der Waals surface area (Å²) in [4.78, 5) is 32.4. The number of ether oxygens (including phenoxy) is 1. The molecule has 0 radical (unpaired) electrons. The average Bonchev–Trinajstić information content (AvgIpc) is 3.55. The van der Waals surface area contributed by atoms with E-state index in [2.05, 4.69) is 26.8 Å². The Morgan fingerprint density at radius 1 is 1.12 bits per heavy atom. The number of hydrogen-bond donors (Lipinski definition) is 1. The zero-order valence-corrected chi connectivity index (χ0v) is 23.4. The van der Waals surface area contributed by atoms with E-state index in [1.165, 1.54) is 12.4 Å². The maximum atomic E-state index is 15.6. The Balaban J connectivity index is 1.15. The fourth-order valence-corrected chi connectivity index (χ4v) is 6.46. The molecule has 42 heavy (non-hydrogen) atoms. The van der Waals surface area contributed by atoms with Crippen molar-refractivity contribution in [3.8, 4) is 11.5 Å². The number of amides is 1. The molecule has 2 fully saturated rings. The Hall–Kier alpha value is -4.86. The first-order valence-corrected chi connectivity index (χ1v) is 14.1. The van der Waals surface area contributed by atoms with Crippen molar-refractivity contribution < 1.29 is 13.9 Å². The van der Waals surface area contributed by atoms with Crippen LogP contribution in [0, 0.1) is 18.7 Å². The molecule has 3 aromatic heterocycles. The molecule has 7 rings (SSSR count). The van der Waals surface area contributed by atoms with Crippen LogP contribution < -0.4 is 10.1 Å². The van der Waals surface area contributed by atoms with Crippen molar-refractivity contribution in [3.05, 3.63) is 84.8 Å². The number of imidazole rings is 1. The Morgan fingerprint density at radius 3 is 2.86 bits per heavy atom. The molecule has 1 saturated carbocycles. The quantitative estimate of drug-likeness (QED) is 0.247. The number of pyridine rings is 1. The molecule has 1 aliphatic heterocycles. The van der Waals surface area contributed by atoms with Crippen LogP contribution in [0.15, 0.2) is 67.8 Å². The van der Waals surface area contributed by atoms with Gasteiger partial charge in [0, 0.05) is 42.9 Å². The molecule has 4 heterocycles. The minimum atomic E-state index is -0.439. The second-order valence-electron chi connectivity index (χ2n) is 11.1. The Kier molecular flexibility index (Phi) is 6.33. The Bertz CT molecular complexity index is 1870. The summed E-state index contributed by atoms with van der Waals surface area (Å²) in [5, 5.41) is 3.15. The third-order valence-corrected chi connectivity index (χ3v) is 8.68. The van der Waals surface area contributed by atoms with Gasteiger partial charge in [-0.3, -0.25) is 4.79 Å². The third kappa shape index (κ3) is 4.43. The highest BCUT2D eigenvalue weighted by molar-refractivity contribution is 5.88. The smallest absolute Gasteiger partial charge is 0.246 e. The van der Waals surface area contributed by atoms with Crippen LogP contribution in [0.2, 0.25) is 0 Å². The number of hydrogen-bond acceptors (Lipinski definition) is 7. The van der Waals surface area contributed by atoms with E-state index in [0.29, 0.717) is 46.4 Å². The maximum Gasteiger partial charge on any atom is 0.246 e. The molecule has 1 aliphatic carbocycles. The summed E-state index contributed by atoms with van der Waals surface area (Å²) in [6.45, 7) is 6.06. The topological polar surface area (TPSA) is 98.1 Å². The van der Waals surface area contributed by atoms with Gasteiger partial charge in [0.05, 0.1) is 28.6 Å². The molecule has 1 amide bonds. The van der Waals surface area contributed by atoms with E-state index in [1.54, 1.807) is 25.4 Å². The maximum absolute atomic E-state index is 15.6. The molecule has 0 unspecified atom stereocenters. The van der Waals surface area contributed by atoms with Crippen LogP contribution in [0.5, 0.6) is 11.5 Å². The SMILES string of the molecule is C=CC(=O)N1C[C@@H]2C[C@H]1CC[C@@H]2c1ccc2ncnc(Nc3ccc(Oc4ccc5c(c4)ncn5C)c(C)c3F)c2n1. The molecule has 9 nitrogen and oxygen atoms in total. The number of carbonyl (C=O) groups excluding carboxylic acids is 1. The monoisotopic (exact) mass is 563 g/mol. The van der Waals surface area contributed by atoms with Gasteiger partial charge < -0.3 is 19.5 Å². The van der Waals surface area contributed by atoms with E-state index >= 15 is 4.39 Å². The summed E-state index contributed by atoms with van der Waals surface area (Å²) in [5.74, 6) is 1.54. The molecule has 10 heteroatoms. The number of nitrogens with one attached hydrogen (secondary N) is 1. The van der Waals surface area contributed by atoms with Gasteiger partial charge in [-0.2, -0.15) is 0 Å². The van der Waals surface area contributed by atoms with Gasteiger partial charge in [-0.05, 0) is 74.6 Å². The van der Waals surface area contributed by atoms with Gasteiger partial charge in [0.15, 0.2) is 11.6 Å². The summed E-state index contributed by atoms with van der Waals surface area (Å²) in [6.07, 6.45) is 7.45. The fraction of sp³-hybridized carbons (Fsp3) is 0.281. The fourth-order valence-electron chi connectivity index (χ4n) is 6.46. The highest BCUT2D eigenvalue weighted by atomic mass is 19.1. The lowest BCUT2D eigenvalue weighted by atomic mass is 9.78. The van der Waals surface area contributed by atoms with Gasteiger partial charge in [-0.25, -0.2) is 24.3 Å². The van der Waals surface area contributed by atoms with E-state index in [9.17, 15) is 4.79 Å². The van der Waals surface area contributed by atoms with Crippen LogP contribution in [0.1, 0.15) is 36.4 Å². The van der Waals surface area contributed by atoms with Gasteiger partial charge in [0.2, 0.25) is 5.91 Å². The Morgan fingerprint density at radius 2 is 2.00 bits per heavy atom. The number of fused-ring (bicyclic) bond motifs is 4. The second kappa shape index (κ2) is 10.2. The lowest BCUT2D eigenvalue weighted by Crippen LogP contribution is -2.33. The van der Waals surface area contributed by atoms with Crippen molar-refractivity contribution in [2.75, 3.05) is 11.9 Å². The molecule has 1 N–H and O–H groups in total. The lowest BCUT2D eigenvalue weighted by molar-refractivity contribution is -0.126. The van der Waals surface area contributed by atoms with Crippen LogP contribution in [-0.2, 0) is 11.8 Å². The lowest BCUT2D eigenvalue weighted by Gasteiger charge is -2.28. The molecule has 3 atom stereocenters. The van der Waals surface area contributed by atoms with Crippen molar-refractivity contribution in [1.29, 1.82) is 0 Å². The first kappa shape index (κ1) is 26.1. The van der Waals surface area contributed by atoms with Crippen LogP contribution in [0.4, 0.5) is 15.9 Å². The first-order chi connectivity index (χ1) is 20.4. The van der Waals surface area contributed by atoms with Crippen molar-refractivity contribution in [3.63, 3.8) is 0 Å². The molecule has 2 aromatic carbocycles. The van der Waals surface area contributed by atoms with Crippen LogP contribution >= 0.6 is 0 Å². The largest absolute Gasteiger partial charge is 0.457 e. The normalized spacial score (nSPS) is 19.8. The van der Waals surface area contributed by atoms with Crippen LogP contribution in [0.25, 0.3) is 22.1 Å². The number of likely N-dealkylation sites (tertiary alicyclic amines) is 1. The minimum Gasteiger partial charge on any atom is -0.457 e. The minimum absolute atomic E-state index is 0.00230. The van der Waals surface area contributed by atoms with Crippen molar-refractivity contribution in [1.82, 2.24) is 29.4 Å². The van der Waals surface area contributed by atoms with E-state index in [-0.39, 0.29) is 23.6 Å². The summed E-state index contributed by atoms with van der Waals surface area (Å²) in [5.41, 5.74) is 4.61. The van der Waals surface area contributed by atoms with Crippen LogP contribution in [0.3, 0.4) is 0 Å². The number of benzene rings is 2. The zero-order valence-electron chi connectivity index (χ0n) is 23.4. The summed E-state index contributed by atoms with van der Waals surface area (Å²) in [6, 6.07) is 13.2. The number of anilines is 2. The summed E-state index contributed by atoms with van der Waals surface area (Å²) in [7, 11) is 1.93. The van der Waals surface area contributed by atoms with Gasteiger partial charge >= 0.3 is 0 Å². The molecular weight excluding hydrogens is 533 g/mol. The van der Waals surface area contributed by atoms with E-state index < -0.39 is 5.82 Å². The zero-order chi connectivity index (χ0) is 29.0. The molecule has 1 saturated heterocycles. The van der Waals surface area contributed by atoms with Gasteiger partial charge in [0.25, 0.3) is 0 Å². The molecular formula is C32H30FN7O2. The second-order valence-corrected chi connectivity index (χ2v) is 11.1. The van der Waals surface area contributed by atoms with Crippen molar-refractivity contribution in [2.45, 2.75) is 38.1 Å². The van der Waals surface area contributed by atoms with Crippen molar-refractivity contribution >= 4 is 39.5 Å². The van der Waals surface area contributed by atoms with Gasteiger partial charge in [-0.1, -0.05) is 6.58 Å².